The highest BCUT2D eigenvalue weighted by molar-refractivity contribution is 6.14. The van der Waals surface area contributed by atoms with E-state index in [1.165, 1.54) is 10.9 Å². The third-order valence-corrected chi connectivity index (χ3v) is 5.44. The summed E-state index contributed by atoms with van der Waals surface area (Å²) < 4.78 is 6.23. The number of fused-ring (bicyclic) bond motifs is 6. The Kier molecular flexibility index (Phi) is 3.09. The zero-order valence-corrected chi connectivity index (χ0v) is 15.3. The summed E-state index contributed by atoms with van der Waals surface area (Å²) in [6.07, 6.45) is 1.65. The number of hydrogen-bond donors (Lipinski definition) is 0. The molecule has 0 spiro atoms. The van der Waals surface area contributed by atoms with Crippen molar-refractivity contribution in [3.8, 4) is 11.3 Å². The fraction of sp³-hybridized carbons (Fsp3) is 0.0400. The molecule has 3 heteroatoms. The van der Waals surface area contributed by atoms with Crippen molar-refractivity contribution in [2.75, 3.05) is 0 Å². The highest BCUT2D eigenvalue weighted by Gasteiger charge is 2.16. The molecule has 2 aromatic heterocycles. The minimum Gasteiger partial charge on any atom is -0.455 e. The van der Waals surface area contributed by atoms with E-state index in [-0.39, 0.29) is 0 Å². The van der Waals surface area contributed by atoms with Crippen LogP contribution in [0.3, 0.4) is 0 Å². The van der Waals surface area contributed by atoms with Crippen LogP contribution in [0.1, 0.15) is 5.56 Å². The smallest absolute Gasteiger partial charge is 0.144 e. The maximum Gasteiger partial charge on any atom is 0.144 e. The number of aryl methyl sites for hydroxylation is 1. The molecule has 0 radical (unpaired) electrons. The van der Waals surface area contributed by atoms with Crippen LogP contribution in [0.5, 0.6) is 0 Å². The predicted molar refractivity (Wildman–Crippen MR) is 114 cm³/mol. The van der Waals surface area contributed by atoms with E-state index in [4.69, 9.17) is 4.42 Å². The molecule has 0 N–H and O–H groups in total. The molecule has 0 aliphatic carbocycles. The predicted octanol–water partition coefficient (Wildman–Crippen LogP) is 6.66. The first-order valence-corrected chi connectivity index (χ1v) is 9.34. The Balaban J connectivity index is 1.73. The van der Waals surface area contributed by atoms with Gasteiger partial charge in [-0.05, 0) is 36.6 Å². The lowest BCUT2D eigenvalue weighted by Gasteiger charge is -2.09. The number of aromatic nitrogens is 2. The van der Waals surface area contributed by atoms with E-state index in [9.17, 15) is 0 Å². The van der Waals surface area contributed by atoms with Gasteiger partial charge in [0.15, 0.2) is 0 Å². The summed E-state index contributed by atoms with van der Waals surface area (Å²) >= 11 is 0. The van der Waals surface area contributed by atoms with Gasteiger partial charge in [-0.25, -0.2) is 9.97 Å². The van der Waals surface area contributed by atoms with Crippen LogP contribution in [0.25, 0.3) is 54.9 Å². The van der Waals surface area contributed by atoms with Gasteiger partial charge in [-0.3, -0.25) is 0 Å². The molecule has 6 rings (SSSR count). The van der Waals surface area contributed by atoms with Gasteiger partial charge in [0.05, 0.1) is 11.2 Å². The monoisotopic (exact) mass is 360 g/mol. The maximum absolute atomic E-state index is 6.23. The van der Waals surface area contributed by atoms with Gasteiger partial charge in [0.1, 0.15) is 17.5 Å². The molecule has 6 aromatic rings. The molecule has 0 aliphatic heterocycles. The number of benzene rings is 4. The summed E-state index contributed by atoms with van der Waals surface area (Å²) in [5.74, 6) is 0. The lowest BCUT2D eigenvalue weighted by Crippen LogP contribution is -1.91. The molecule has 0 saturated heterocycles. The van der Waals surface area contributed by atoms with E-state index < -0.39 is 0 Å². The molecule has 4 aromatic carbocycles. The van der Waals surface area contributed by atoms with Crippen LogP contribution in [-0.2, 0) is 0 Å². The number of rotatable bonds is 1. The summed E-state index contributed by atoms with van der Waals surface area (Å²) in [6.45, 7) is 2.11. The van der Waals surface area contributed by atoms with Crippen molar-refractivity contribution >= 4 is 43.6 Å². The Morgan fingerprint density at radius 1 is 0.714 bits per heavy atom. The van der Waals surface area contributed by atoms with Crippen LogP contribution in [0, 0.1) is 6.92 Å². The minimum atomic E-state index is 0.869. The quantitative estimate of drug-likeness (QED) is 0.308. The fourth-order valence-electron chi connectivity index (χ4n) is 4.11. The van der Waals surface area contributed by atoms with Crippen molar-refractivity contribution < 1.29 is 4.42 Å². The van der Waals surface area contributed by atoms with Crippen LogP contribution in [0.4, 0.5) is 0 Å². The minimum absolute atomic E-state index is 0.869. The van der Waals surface area contributed by atoms with Crippen LogP contribution in [-0.4, -0.2) is 9.97 Å². The molecule has 0 amide bonds. The Labute approximate surface area is 161 Å². The van der Waals surface area contributed by atoms with E-state index in [1.54, 1.807) is 6.33 Å². The highest BCUT2D eigenvalue weighted by atomic mass is 16.3. The molecule has 2 heterocycles. The largest absolute Gasteiger partial charge is 0.455 e. The molecule has 28 heavy (non-hydrogen) atoms. The fourth-order valence-corrected chi connectivity index (χ4v) is 4.11. The number of hydrogen-bond acceptors (Lipinski definition) is 3. The second-order valence-corrected chi connectivity index (χ2v) is 7.19. The lowest BCUT2D eigenvalue weighted by atomic mass is 9.99. The summed E-state index contributed by atoms with van der Waals surface area (Å²) in [5.41, 5.74) is 5.85. The molecular formula is C25H16N2O. The molecule has 3 nitrogen and oxygen atoms in total. The third-order valence-electron chi connectivity index (χ3n) is 5.44. The Hall–Kier alpha value is -3.72. The van der Waals surface area contributed by atoms with E-state index >= 15 is 0 Å². The summed E-state index contributed by atoms with van der Waals surface area (Å²) in [7, 11) is 0. The van der Waals surface area contributed by atoms with E-state index in [2.05, 4.69) is 71.5 Å². The molecule has 0 bridgehead atoms. The molecular weight excluding hydrogens is 344 g/mol. The second-order valence-electron chi connectivity index (χ2n) is 7.19. The first kappa shape index (κ1) is 15.3. The summed E-state index contributed by atoms with van der Waals surface area (Å²) in [6, 6.07) is 25.1. The van der Waals surface area contributed by atoms with Crippen LogP contribution in [0.2, 0.25) is 0 Å². The van der Waals surface area contributed by atoms with Gasteiger partial charge in [0.2, 0.25) is 0 Å². The summed E-state index contributed by atoms with van der Waals surface area (Å²) in [4.78, 5) is 9.27. The Bertz CT molecular complexity index is 1530. The molecule has 0 fully saturated rings. The molecule has 0 aliphatic rings. The molecule has 0 atom stereocenters. The van der Waals surface area contributed by atoms with Crippen molar-refractivity contribution in [2.24, 2.45) is 0 Å². The zero-order chi connectivity index (χ0) is 18.7. The van der Waals surface area contributed by atoms with E-state index in [0.29, 0.717) is 0 Å². The van der Waals surface area contributed by atoms with Crippen LogP contribution in [0.15, 0.2) is 83.5 Å². The van der Waals surface area contributed by atoms with Crippen molar-refractivity contribution in [2.45, 2.75) is 6.92 Å². The number of para-hydroxylation sites is 2. The average Bonchev–Trinajstić information content (AvgIpc) is 3.12. The maximum atomic E-state index is 6.23. The van der Waals surface area contributed by atoms with Crippen molar-refractivity contribution in [1.29, 1.82) is 0 Å². The SMILES string of the molecule is Cc1ccc2ccc3c(-c4cccc5c4oc4ccccc45)ncnc3c2c1. The number of nitrogens with zero attached hydrogens (tertiary/aromatic N) is 2. The van der Waals surface area contributed by atoms with Crippen LogP contribution >= 0.6 is 0 Å². The Morgan fingerprint density at radius 2 is 1.57 bits per heavy atom. The van der Waals surface area contributed by atoms with Crippen molar-refractivity contribution in [3.05, 3.63) is 84.7 Å². The van der Waals surface area contributed by atoms with E-state index in [1.807, 2.05) is 18.2 Å². The van der Waals surface area contributed by atoms with Crippen molar-refractivity contribution in [1.82, 2.24) is 9.97 Å². The number of furan rings is 1. The van der Waals surface area contributed by atoms with Gasteiger partial charge in [-0.2, -0.15) is 0 Å². The average molecular weight is 360 g/mol. The van der Waals surface area contributed by atoms with Gasteiger partial charge >= 0.3 is 0 Å². The lowest BCUT2D eigenvalue weighted by molar-refractivity contribution is 0.670. The van der Waals surface area contributed by atoms with Crippen LogP contribution < -0.4 is 0 Å². The van der Waals surface area contributed by atoms with E-state index in [0.717, 1.165) is 49.5 Å². The normalized spacial score (nSPS) is 11.8. The third kappa shape index (κ3) is 2.10. The first-order valence-electron chi connectivity index (χ1n) is 9.34. The Morgan fingerprint density at radius 3 is 2.54 bits per heavy atom. The topological polar surface area (TPSA) is 38.9 Å². The highest BCUT2D eigenvalue weighted by Crippen LogP contribution is 2.38. The zero-order valence-electron chi connectivity index (χ0n) is 15.3. The van der Waals surface area contributed by atoms with Gasteiger partial charge in [-0.15, -0.1) is 0 Å². The van der Waals surface area contributed by atoms with Crippen molar-refractivity contribution in [3.63, 3.8) is 0 Å². The van der Waals surface area contributed by atoms with Gasteiger partial charge in [0, 0.05) is 27.1 Å². The molecule has 132 valence electrons. The second kappa shape index (κ2) is 5.64. The van der Waals surface area contributed by atoms with Gasteiger partial charge < -0.3 is 4.42 Å². The molecule has 0 unspecified atom stereocenters. The van der Waals surface area contributed by atoms with Gasteiger partial charge in [-0.1, -0.05) is 54.1 Å². The van der Waals surface area contributed by atoms with Gasteiger partial charge in [0.25, 0.3) is 0 Å². The molecule has 0 saturated carbocycles. The first-order chi connectivity index (χ1) is 13.8. The summed E-state index contributed by atoms with van der Waals surface area (Å²) in [5, 5.41) is 5.60. The standard InChI is InChI=1S/C25H16N2O/c1-15-9-10-16-11-12-19-23(26-14-27-24(19)21(16)13-15)20-7-4-6-18-17-5-2-3-8-22(17)28-25(18)20/h2-14H,1H3.